The number of anilines is 3. The van der Waals surface area contributed by atoms with Gasteiger partial charge in [-0.05, 0) is 30.3 Å². The van der Waals surface area contributed by atoms with Crippen LogP contribution in [0.4, 0.5) is 25.8 Å². The fourth-order valence-electron chi connectivity index (χ4n) is 1.66. The Balaban J connectivity index is 2.42. The Morgan fingerprint density at radius 2 is 1.68 bits per heavy atom. The molecule has 98 valence electrons. The van der Waals surface area contributed by atoms with Gasteiger partial charge in [-0.15, -0.1) is 0 Å². The van der Waals surface area contributed by atoms with Crippen LogP contribution in [0.5, 0.6) is 0 Å². The molecule has 0 bridgehead atoms. The molecule has 2 aromatic carbocycles. The number of hydrogen-bond donors (Lipinski definition) is 3. The van der Waals surface area contributed by atoms with Gasteiger partial charge in [0.05, 0.1) is 11.3 Å². The van der Waals surface area contributed by atoms with Gasteiger partial charge in [0.1, 0.15) is 11.6 Å². The SMILES string of the molecule is NC(=O)c1ccc(N)cc1Nc1cc(F)cc(F)c1. The van der Waals surface area contributed by atoms with Crippen LogP contribution in [0.2, 0.25) is 0 Å². The minimum absolute atomic E-state index is 0.158. The van der Waals surface area contributed by atoms with Gasteiger partial charge in [-0.25, -0.2) is 8.78 Å². The summed E-state index contributed by atoms with van der Waals surface area (Å²) < 4.78 is 26.1. The number of nitrogens with two attached hydrogens (primary N) is 2. The normalized spacial score (nSPS) is 10.2. The van der Waals surface area contributed by atoms with E-state index in [-0.39, 0.29) is 16.9 Å². The van der Waals surface area contributed by atoms with Crippen molar-refractivity contribution in [3.63, 3.8) is 0 Å². The molecule has 0 aliphatic carbocycles. The molecule has 0 saturated heterocycles. The van der Waals surface area contributed by atoms with Gasteiger partial charge in [0.25, 0.3) is 5.91 Å². The Bertz CT molecular complexity index is 624. The second-order valence-electron chi connectivity index (χ2n) is 3.95. The third-order valence-corrected chi connectivity index (χ3v) is 2.45. The minimum atomic E-state index is -0.730. The summed E-state index contributed by atoms with van der Waals surface area (Å²) in [6.45, 7) is 0. The molecule has 0 fully saturated rings. The first-order valence-electron chi connectivity index (χ1n) is 5.38. The highest BCUT2D eigenvalue weighted by Gasteiger charge is 2.09. The highest BCUT2D eigenvalue weighted by atomic mass is 19.1. The maximum absolute atomic E-state index is 13.1. The third-order valence-electron chi connectivity index (χ3n) is 2.45. The van der Waals surface area contributed by atoms with Crippen LogP contribution in [-0.2, 0) is 0 Å². The molecule has 1 amide bonds. The van der Waals surface area contributed by atoms with E-state index in [2.05, 4.69) is 5.32 Å². The summed E-state index contributed by atoms with van der Waals surface area (Å²) in [6.07, 6.45) is 0. The molecule has 0 radical (unpaired) electrons. The van der Waals surface area contributed by atoms with Crippen LogP contribution in [-0.4, -0.2) is 5.91 Å². The Hall–Kier alpha value is -2.63. The molecule has 5 N–H and O–H groups in total. The molecule has 0 saturated carbocycles. The number of hydrogen-bond acceptors (Lipinski definition) is 3. The van der Waals surface area contributed by atoms with Crippen LogP contribution >= 0.6 is 0 Å². The van der Waals surface area contributed by atoms with E-state index in [0.717, 1.165) is 18.2 Å². The van der Waals surface area contributed by atoms with Crippen molar-refractivity contribution in [2.24, 2.45) is 5.73 Å². The van der Waals surface area contributed by atoms with Crippen molar-refractivity contribution in [2.75, 3.05) is 11.1 Å². The zero-order chi connectivity index (χ0) is 14.0. The summed E-state index contributed by atoms with van der Waals surface area (Å²) in [5.74, 6) is -2.13. The molecular formula is C13H11F2N3O. The van der Waals surface area contributed by atoms with Gasteiger partial charge < -0.3 is 16.8 Å². The Morgan fingerprint density at radius 1 is 1.05 bits per heavy atom. The lowest BCUT2D eigenvalue weighted by atomic mass is 10.1. The number of nitrogens with one attached hydrogen (secondary N) is 1. The molecule has 0 heterocycles. The largest absolute Gasteiger partial charge is 0.399 e. The minimum Gasteiger partial charge on any atom is -0.399 e. The predicted molar refractivity (Wildman–Crippen MR) is 69.0 cm³/mol. The topological polar surface area (TPSA) is 81.1 Å². The summed E-state index contributed by atoms with van der Waals surface area (Å²) in [5.41, 5.74) is 11.8. The highest BCUT2D eigenvalue weighted by molar-refractivity contribution is 5.99. The van der Waals surface area contributed by atoms with Gasteiger partial charge in [-0.1, -0.05) is 0 Å². The molecule has 6 heteroatoms. The summed E-state index contributed by atoms with van der Waals surface area (Å²) in [4.78, 5) is 11.3. The summed E-state index contributed by atoms with van der Waals surface area (Å²) in [6, 6.07) is 7.35. The number of halogens is 2. The van der Waals surface area contributed by atoms with Crippen molar-refractivity contribution < 1.29 is 13.6 Å². The van der Waals surface area contributed by atoms with Crippen molar-refractivity contribution in [1.82, 2.24) is 0 Å². The smallest absolute Gasteiger partial charge is 0.250 e. The molecule has 0 spiro atoms. The van der Waals surface area contributed by atoms with Gasteiger partial charge in [0.2, 0.25) is 0 Å². The molecule has 0 aliphatic heterocycles. The van der Waals surface area contributed by atoms with Crippen LogP contribution in [0.1, 0.15) is 10.4 Å². The van der Waals surface area contributed by atoms with Gasteiger partial charge in [-0.3, -0.25) is 4.79 Å². The molecular weight excluding hydrogens is 252 g/mol. The lowest BCUT2D eigenvalue weighted by Gasteiger charge is -2.11. The lowest BCUT2D eigenvalue weighted by Crippen LogP contribution is -2.13. The van der Waals surface area contributed by atoms with Crippen molar-refractivity contribution in [3.05, 3.63) is 53.6 Å². The van der Waals surface area contributed by atoms with E-state index in [0.29, 0.717) is 5.69 Å². The van der Waals surface area contributed by atoms with Crippen molar-refractivity contribution in [3.8, 4) is 0 Å². The monoisotopic (exact) mass is 263 g/mol. The van der Waals surface area contributed by atoms with Crippen LogP contribution in [0.25, 0.3) is 0 Å². The zero-order valence-electron chi connectivity index (χ0n) is 9.78. The lowest BCUT2D eigenvalue weighted by molar-refractivity contribution is 0.100. The van der Waals surface area contributed by atoms with Crippen LogP contribution < -0.4 is 16.8 Å². The standard InChI is InChI=1S/C13H11F2N3O/c14-7-3-8(15)5-10(4-7)18-12-6-9(16)1-2-11(12)13(17)19/h1-6,18H,16H2,(H2,17,19). The van der Waals surface area contributed by atoms with E-state index >= 15 is 0 Å². The molecule has 2 aromatic rings. The van der Waals surface area contributed by atoms with E-state index in [9.17, 15) is 13.6 Å². The molecule has 19 heavy (non-hydrogen) atoms. The number of carbonyl (C=O) groups excluding carboxylic acids is 1. The molecule has 4 nitrogen and oxygen atoms in total. The van der Waals surface area contributed by atoms with Crippen molar-refractivity contribution >= 4 is 23.0 Å². The Kier molecular flexibility index (Phi) is 3.33. The maximum atomic E-state index is 13.1. The molecule has 0 aromatic heterocycles. The van der Waals surface area contributed by atoms with Crippen LogP contribution in [0, 0.1) is 11.6 Å². The highest BCUT2D eigenvalue weighted by Crippen LogP contribution is 2.24. The van der Waals surface area contributed by atoms with Gasteiger partial charge >= 0.3 is 0 Å². The number of carbonyl (C=O) groups is 1. The first-order chi connectivity index (χ1) is 8.95. The van der Waals surface area contributed by atoms with E-state index in [1.807, 2.05) is 0 Å². The predicted octanol–water partition coefficient (Wildman–Crippen LogP) is 2.39. The number of benzene rings is 2. The van der Waals surface area contributed by atoms with Crippen molar-refractivity contribution in [2.45, 2.75) is 0 Å². The van der Waals surface area contributed by atoms with E-state index < -0.39 is 17.5 Å². The second kappa shape index (κ2) is 4.93. The molecule has 0 atom stereocenters. The van der Waals surface area contributed by atoms with Crippen LogP contribution in [0.3, 0.4) is 0 Å². The fraction of sp³-hybridized carbons (Fsp3) is 0. The second-order valence-corrected chi connectivity index (χ2v) is 3.95. The number of rotatable bonds is 3. The average Bonchev–Trinajstić information content (AvgIpc) is 2.26. The third kappa shape index (κ3) is 2.98. The molecule has 2 rings (SSSR count). The number of nitrogen functional groups attached to an aromatic ring is 1. The van der Waals surface area contributed by atoms with E-state index in [1.54, 1.807) is 0 Å². The van der Waals surface area contributed by atoms with E-state index in [4.69, 9.17) is 11.5 Å². The average molecular weight is 263 g/mol. The quantitative estimate of drug-likeness (QED) is 0.744. The van der Waals surface area contributed by atoms with Gasteiger partial charge in [-0.2, -0.15) is 0 Å². The van der Waals surface area contributed by atoms with Gasteiger partial charge in [0, 0.05) is 17.4 Å². The fourth-order valence-corrected chi connectivity index (χ4v) is 1.66. The number of amides is 1. The Morgan fingerprint density at radius 3 is 2.26 bits per heavy atom. The van der Waals surface area contributed by atoms with Crippen molar-refractivity contribution in [1.29, 1.82) is 0 Å². The maximum Gasteiger partial charge on any atom is 0.250 e. The summed E-state index contributed by atoms with van der Waals surface area (Å²) >= 11 is 0. The first-order valence-corrected chi connectivity index (χ1v) is 5.38. The van der Waals surface area contributed by atoms with Gasteiger partial charge in [0.15, 0.2) is 0 Å². The van der Waals surface area contributed by atoms with Crippen LogP contribution in [0.15, 0.2) is 36.4 Å². The Labute approximate surface area is 108 Å². The molecule has 0 unspecified atom stereocenters. The first kappa shape index (κ1) is 12.8. The van der Waals surface area contributed by atoms with E-state index in [1.165, 1.54) is 18.2 Å². The molecule has 0 aliphatic rings. The zero-order valence-corrected chi connectivity index (χ0v) is 9.78. The summed E-state index contributed by atoms with van der Waals surface area (Å²) in [5, 5.41) is 2.72. The summed E-state index contributed by atoms with van der Waals surface area (Å²) in [7, 11) is 0. The number of primary amides is 1.